The second-order valence-electron chi connectivity index (χ2n) is 2.91. The summed E-state index contributed by atoms with van der Waals surface area (Å²) in [6, 6.07) is 3.13. The van der Waals surface area contributed by atoms with Gasteiger partial charge in [-0.25, -0.2) is 4.39 Å². The molecule has 0 atom stereocenters. The van der Waals surface area contributed by atoms with E-state index in [1.807, 2.05) is 0 Å². The van der Waals surface area contributed by atoms with E-state index in [4.69, 9.17) is 11.6 Å². The molecule has 0 N–H and O–H groups in total. The predicted molar refractivity (Wildman–Crippen MR) is 48.8 cm³/mol. The van der Waals surface area contributed by atoms with Crippen molar-refractivity contribution in [1.82, 2.24) is 0 Å². The molecular weight excluding hydrogens is 199 g/mol. The van der Waals surface area contributed by atoms with Gasteiger partial charge in [-0.1, -0.05) is 11.6 Å². The summed E-state index contributed by atoms with van der Waals surface area (Å²) in [6.45, 7) is 2.48. The average molecular weight is 207 g/mol. The van der Waals surface area contributed by atoms with Crippen LogP contribution in [0, 0.1) is 0 Å². The van der Waals surface area contributed by atoms with Gasteiger partial charge in [0, 0.05) is 0 Å². The summed E-state index contributed by atoms with van der Waals surface area (Å²) >= 11 is 6.70. The maximum Gasteiger partial charge on any atom is 0.209 e. The van der Waals surface area contributed by atoms with Crippen molar-refractivity contribution < 1.29 is 9.18 Å². The molecule has 1 heterocycles. The van der Waals surface area contributed by atoms with Crippen molar-refractivity contribution in [3.63, 3.8) is 0 Å². The molecule has 0 radical (unpaired) electrons. The summed E-state index contributed by atoms with van der Waals surface area (Å²) in [4.78, 5) is 11.6. The van der Waals surface area contributed by atoms with Crippen LogP contribution in [0.5, 0.6) is 0 Å². The standard InChI is InChI=1S/C8H8ClFOS/c1-8(2,10)7(11)5-3-4-6(9)12-5/h3-4H,1-2H3. The first-order valence-electron chi connectivity index (χ1n) is 3.40. The molecule has 0 unspecified atom stereocenters. The lowest BCUT2D eigenvalue weighted by molar-refractivity contribution is 0.0765. The molecule has 12 heavy (non-hydrogen) atoms. The van der Waals surface area contributed by atoms with Crippen LogP contribution in [0.1, 0.15) is 23.5 Å². The molecule has 1 aromatic rings. The first kappa shape index (κ1) is 9.68. The molecule has 1 aromatic heterocycles. The predicted octanol–water partition coefficient (Wildman–Crippen LogP) is 3.33. The number of hydrogen-bond donors (Lipinski definition) is 0. The first-order valence-corrected chi connectivity index (χ1v) is 4.60. The summed E-state index contributed by atoms with van der Waals surface area (Å²) in [7, 11) is 0. The van der Waals surface area contributed by atoms with E-state index in [0.717, 1.165) is 11.3 Å². The van der Waals surface area contributed by atoms with Gasteiger partial charge in [-0.3, -0.25) is 4.79 Å². The molecule has 0 saturated carbocycles. The number of ketones is 1. The Morgan fingerprint density at radius 1 is 1.58 bits per heavy atom. The highest BCUT2D eigenvalue weighted by Gasteiger charge is 2.28. The summed E-state index contributed by atoms with van der Waals surface area (Å²) in [5.41, 5.74) is -1.81. The van der Waals surface area contributed by atoms with Crippen LogP contribution in [0.3, 0.4) is 0 Å². The van der Waals surface area contributed by atoms with Crippen molar-refractivity contribution in [3.05, 3.63) is 21.3 Å². The van der Waals surface area contributed by atoms with Gasteiger partial charge >= 0.3 is 0 Å². The highest BCUT2D eigenvalue weighted by molar-refractivity contribution is 7.18. The lowest BCUT2D eigenvalue weighted by Crippen LogP contribution is -2.24. The summed E-state index contributed by atoms with van der Waals surface area (Å²) in [5, 5.41) is 0. The Bertz CT molecular complexity index is 300. The lowest BCUT2D eigenvalue weighted by atomic mass is 10.1. The first-order chi connectivity index (χ1) is 5.41. The molecule has 0 aliphatic heterocycles. The minimum Gasteiger partial charge on any atom is -0.290 e. The number of Topliss-reactive ketones (excluding diaryl/α,β-unsaturated/α-hetero) is 1. The van der Waals surface area contributed by atoms with E-state index in [-0.39, 0.29) is 0 Å². The third kappa shape index (κ3) is 2.05. The monoisotopic (exact) mass is 206 g/mol. The van der Waals surface area contributed by atoms with E-state index in [0.29, 0.717) is 9.21 Å². The molecule has 1 rings (SSSR count). The van der Waals surface area contributed by atoms with Gasteiger partial charge in [0.1, 0.15) is 0 Å². The zero-order valence-electron chi connectivity index (χ0n) is 6.73. The minimum absolute atomic E-state index is 0.368. The maximum absolute atomic E-state index is 13.1. The molecule has 0 aliphatic carbocycles. The van der Waals surface area contributed by atoms with Crippen molar-refractivity contribution in [2.24, 2.45) is 0 Å². The molecule has 66 valence electrons. The lowest BCUT2D eigenvalue weighted by Gasteiger charge is -2.09. The van der Waals surface area contributed by atoms with Crippen LogP contribution in [0.4, 0.5) is 4.39 Å². The molecule has 0 fully saturated rings. The number of carbonyl (C=O) groups excluding carboxylic acids is 1. The van der Waals surface area contributed by atoms with E-state index in [2.05, 4.69) is 0 Å². The van der Waals surface area contributed by atoms with Crippen molar-refractivity contribution in [2.75, 3.05) is 0 Å². The highest BCUT2D eigenvalue weighted by Crippen LogP contribution is 2.26. The van der Waals surface area contributed by atoms with E-state index in [1.54, 1.807) is 6.07 Å². The van der Waals surface area contributed by atoms with E-state index >= 15 is 0 Å². The normalized spacial score (nSPS) is 11.7. The van der Waals surface area contributed by atoms with Crippen LogP contribution in [0.25, 0.3) is 0 Å². The Balaban J connectivity index is 2.93. The molecule has 0 aliphatic rings. The Kier molecular flexibility index (Phi) is 2.54. The smallest absolute Gasteiger partial charge is 0.209 e. The third-order valence-corrected chi connectivity index (χ3v) is 2.57. The Hall–Kier alpha value is -0.410. The Labute approximate surface area is 79.2 Å². The van der Waals surface area contributed by atoms with E-state index in [1.165, 1.54) is 19.9 Å². The number of hydrogen-bond acceptors (Lipinski definition) is 2. The molecule has 0 saturated heterocycles. The van der Waals surface area contributed by atoms with Crippen LogP contribution < -0.4 is 0 Å². The molecule has 0 aromatic carbocycles. The van der Waals surface area contributed by atoms with Gasteiger partial charge in [-0.15, -0.1) is 11.3 Å². The van der Waals surface area contributed by atoms with Crippen molar-refractivity contribution >= 4 is 28.7 Å². The van der Waals surface area contributed by atoms with Crippen molar-refractivity contribution in [3.8, 4) is 0 Å². The number of rotatable bonds is 2. The number of alkyl halides is 1. The fraction of sp³-hybridized carbons (Fsp3) is 0.375. The largest absolute Gasteiger partial charge is 0.290 e. The van der Waals surface area contributed by atoms with Crippen LogP contribution in [0.15, 0.2) is 12.1 Å². The zero-order valence-corrected chi connectivity index (χ0v) is 8.30. The topological polar surface area (TPSA) is 17.1 Å². The van der Waals surface area contributed by atoms with Crippen molar-refractivity contribution in [2.45, 2.75) is 19.5 Å². The van der Waals surface area contributed by atoms with Crippen molar-refractivity contribution in [1.29, 1.82) is 0 Å². The number of halogens is 2. The van der Waals surface area contributed by atoms with Gasteiger partial charge in [0.2, 0.25) is 5.78 Å². The molecule has 1 nitrogen and oxygen atoms in total. The van der Waals surface area contributed by atoms with Gasteiger partial charge in [-0.05, 0) is 26.0 Å². The third-order valence-electron chi connectivity index (χ3n) is 1.34. The second kappa shape index (κ2) is 3.15. The quantitative estimate of drug-likeness (QED) is 0.679. The van der Waals surface area contributed by atoms with Crippen LogP contribution in [-0.2, 0) is 0 Å². The van der Waals surface area contributed by atoms with Gasteiger partial charge < -0.3 is 0 Å². The zero-order chi connectivity index (χ0) is 9.35. The summed E-state index contributed by atoms with van der Waals surface area (Å²) in [5.74, 6) is -0.514. The van der Waals surface area contributed by atoms with Gasteiger partial charge in [-0.2, -0.15) is 0 Å². The highest BCUT2D eigenvalue weighted by atomic mass is 35.5. The molecular formula is C8H8ClFOS. The van der Waals surface area contributed by atoms with Gasteiger partial charge in [0.05, 0.1) is 9.21 Å². The molecule has 0 spiro atoms. The fourth-order valence-electron chi connectivity index (χ4n) is 0.729. The second-order valence-corrected chi connectivity index (χ2v) is 4.62. The minimum atomic E-state index is -1.81. The number of thiophene rings is 1. The summed E-state index contributed by atoms with van der Waals surface area (Å²) < 4.78 is 13.6. The summed E-state index contributed by atoms with van der Waals surface area (Å²) in [6.07, 6.45) is 0. The van der Waals surface area contributed by atoms with Crippen LogP contribution >= 0.6 is 22.9 Å². The molecule has 0 amide bonds. The molecule has 4 heteroatoms. The fourth-order valence-corrected chi connectivity index (χ4v) is 1.86. The number of carbonyl (C=O) groups is 1. The van der Waals surface area contributed by atoms with Crippen LogP contribution in [-0.4, -0.2) is 11.5 Å². The molecule has 0 bridgehead atoms. The Morgan fingerprint density at radius 3 is 2.50 bits per heavy atom. The SMILES string of the molecule is CC(C)(F)C(=O)c1ccc(Cl)s1. The van der Waals surface area contributed by atoms with Gasteiger partial charge in [0.25, 0.3) is 0 Å². The van der Waals surface area contributed by atoms with E-state index < -0.39 is 11.5 Å². The maximum atomic E-state index is 13.1. The van der Waals surface area contributed by atoms with E-state index in [9.17, 15) is 9.18 Å². The van der Waals surface area contributed by atoms with Crippen LogP contribution in [0.2, 0.25) is 4.34 Å². The van der Waals surface area contributed by atoms with Gasteiger partial charge in [0.15, 0.2) is 5.67 Å². The Morgan fingerprint density at radius 2 is 2.17 bits per heavy atom. The average Bonchev–Trinajstić information content (AvgIpc) is 2.32.